The molecule has 1 N–H and O–H groups in total. The Labute approximate surface area is 153 Å². The van der Waals surface area contributed by atoms with Crippen molar-refractivity contribution in [2.24, 2.45) is 0 Å². The van der Waals surface area contributed by atoms with Crippen LogP contribution in [0.5, 0.6) is 5.75 Å². The van der Waals surface area contributed by atoms with Crippen molar-refractivity contribution in [1.82, 2.24) is 0 Å². The number of ether oxygens (including phenoxy) is 1. The van der Waals surface area contributed by atoms with Crippen molar-refractivity contribution in [2.45, 2.75) is 26.2 Å². The van der Waals surface area contributed by atoms with E-state index in [1.165, 1.54) is 0 Å². The van der Waals surface area contributed by atoms with Crippen LogP contribution in [0.3, 0.4) is 0 Å². The molecule has 122 valence electrons. The standard InChI is InChI=1S/C18H19Br2NO2/c1-4-11(2)13-7-5-6-8-16(13)21-18(22)14-9-12(19)10-15(20)17(14)23-3/h5-11H,4H2,1-3H3,(H,21,22)/t11-/m1/s1. The second-order valence-corrected chi connectivity index (χ2v) is 7.09. The van der Waals surface area contributed by atoms with E-state index in [0.717, 1.165) is 26.6 Å². The van der Waals surface area contributed by atoms with Crippen LogP contribution < -0.4 is 10.1 Å². The van der Waals surface area contributed by atoms with Crippen molar-refractivity contribution in [3.8, 4) is 5.75 Å². The van der Waals surface area contributed by atoms with E-state index in [-0.39, 0.29) is 5.91 Å². The van der Waals surface area contributed by atoms with Crippen molar-refractivity contribution in [1.29, 1.82) is 0 Å². The van der Waals surface area contributed by atoms with Gasteiger partial charge in [-0.25, -0.2) is 0 Å². The number of anilines is 1. The molecule has 1 atom stereocenters. The van der Waals surface area contributed by atoms with Gasteiger partial charge in [0.2, 0.25) is 0 Å². The number of amides is 1. The highest BCUT2D eigenvalue weighted by Gasteiger charge is 2.18. The molecule has 1 amide bonds. The Balaban J connectivity index is 2.38. The summed E-state index contributed by atoms with van der Waals surface area (Å²) >= 11 is 6.84. The van der Waals surface area contributed by atoms with Gasteiger partial charge in [0, 0.05) is 10.2 Å². The zero-order chi connectivity index (χ0) is 17.0. The smallest absolute Gasteiger partial charge is 0.259 e. The van der Waals surface area contributed by atoms with E-state index >= 15 is 0 Å². The second-order valence-electron chi connectivity index (χ2n) is 5.32. The third kappa shape index (κ3) is 4.15. The molecule has 2 aromatic carbocycles. The van der Waals surface area contributed by atoms with Crippen LogP contribution in [0.4, 0.5) is 5.69 Å². The summed E-state index contributed by atoms with van der Waals surface area (Å²) in [6.45, 7) is 4.29. The molecule has 0 radical (unpaired) electrons. The average molecular weight is 441 g/mol. The quantitative estimate of drug-likeness (QED) is 0.620. The number of carbonyl (C=O) groups is 1. The first-order chi connectivity index (χ1) is 11.0. The third-order valence-electron chi connectivity index (χ3n) is 3.81. The van der Waals surface area contributed by atoms with E-state index in [0.29, 0.717) is 17.2 Å². The molecule has 2 rings (SSSR count). The van der Waals surface area contributed by atoms with Crippen LogP contribution in [0, 0.1) is 0 Å². The zero-order valence-electron chi connectivity index (χ0n) is 13.3. The third-order valence-corrected chi connectivity index (χ3v) is 4.86. The Hall–Kier alpha value is -1.33. The molecule has 0 saturated heterocycles. The van der Waals surface area contributed by atoms with Crippen LogP contribution in [0.15, 0.2) is 45.3 Å². The van der Waals surface area contributed by atoms with Crippen LogP contribution in [0.2, 0.25) is 0 Å². The molecule has 5 heteroatoms. The zero-order valence-corrected chi connectivity index (χ0v) is 16.5. The Bertz CT molecular complexity index is 716. The van der Waals surface area contributed by atoms with Gasteiger partial charge in [0.25, 0.3) is 5.91 Å². The first-order valence-corrected chi connectivity index (χ1v) is 8.99. The number of halogens is 2. The summed E-state index contributed by atoms with van der Waals surface area (Å²) in [5, 5.41) is 3.01. The van der Waals surface area contributed by atoms with Gasteiger partial charge in [0.15, 0.2) is 0 Å². The molecule has 0 unspecified atom stereocenters. The number of hydrogen-bond donors (Lipinski definition) is 1. The van der Waals surface area contributed by atoms with E-state index in [1.807, 2.05) is 24.3 Å². The van der Waals surface area contributed by atoms with Crippen molar-refractivity contribution in [3.05, 3.63) is 56.5 Å². The van der Waals surface area contributed by atoms with Gasteiger partial charge in [-0.3, -0.25) is 4.79 Å². The molecule has 0 bridgehead atoms. The van der Waals surface area contributed by atoms with Gasteiger partial charge in [-0.15, -0.1) is 0 Å². The molecule has 0 spiro atoms. The number of carbonyl (C=O) groups excluding carboxylic acids is 1. The molecule has 0 aliphatic heterocycles. The lowest BCUT2D eigenvalue weighted by molar-refractivity contribution is 0.102. The fraction of sp³-hybridized carbons (Fsp3) is 0.278. The monoisotopic (exact) mass is 439 g/mol. The number of para-hydroxylation sites is 1. The predicted molar refractivity (Wildman–Crippen MR) is 101 cm³/mol. The SMILES string of the molecule is CC[C@@H](C)c1ccccc1NC(=O)c1cc(Br)cc(Br)c1OC. The van der Waals surface area contributed by atoms with Crippen molar-refractivity contribution < 1.29 is 9.53 Å². The molecule has 2 aromatic rings. The van der Waals surface area contributed by atoms with Crippen LogP contribution in [-0.4, -0.2) is 13.0 Å². The predicted octanol–water partition coefficient (Wildman–Crippen LogP) is 5.99. The van der Waals surface area contributed by atoms with E-state index in [9.17, 15) is 4.79 Å². The number of nitrogens with one attached hydrogen (secondary N) is 1. The maximum Gasteiger partial charge on any atom is 0.259 e. The maximum atomic E-state index is 12.7. The van der Waals surface area contributed by atoms with Gasteiger partial charge < -0.3 is 10.1 Å². The van der Waals surface area contributed by atoms with E-state index in [4.69, 9.17) is 4.74 Å². The normalized spacial score (nSPS) is 11.9. The van der Waals surface area contributed by atoms with E-state index < -0.39 is 0 Å². The summed E-state index contributed by atoms with van der Waals surface area (Å²) in [6, 6.07) is 11.5. The minimum atomic E-state index is -0.195. The first kappa shape index (κ1) is 18.0. The summed E-state index contributed by atoms with van der Waals surface area (Å²) in [5.41, 5.74) is 2.45. The van der Waals surface area contributed by atoms with Gasteiger partial charge in [0.05, 0.1) is 17.1 Å². The summed E-state index contributed by atoms with van der Waals surface area (Å²) in [7, 11) is 1.55. The molecule has 0 aromatic heterocycles. The van der Waals surface area contributed by atoms with Crippen molar-refractivity contribution in [2.75, 3.05) is 12.4 Å². The van der Waals surface area contributed by atoms with Gasteiger partial charge >= 0.3 is 0 Å². The van der Waals surface area contributed by atoms with Gasteiger partial charge in [-0.1, -0.05) is 48.0 Å². The van der Waals surface area contributed by atoms with E-state index in [2.05, 4.69) is 57.1 Å². The Morgan fingerprint density at radius 2 is 1.96 bits per heavy atom. The lowest BCUT2D eigenvalue weighted by Crippen LogP contribution is -2.15. The lowest BCUT2D eigenvalue weighted by Gasteiger charge is -2.17. The summed E-state index contributed by atoms with van der Waals surface area (Å²) < 4.78 is 6.90. The molecule has 0 aliphatic rings. The molecule has 23 heavy (non-hydrogen) atoms. The Morgan fingerprint density at radius 1 is 1.26 bits per heavy atom. The molecule has 0 saturated carbocycles. The largest absolute Gasteiger partial charge is 0.495 e. The lowest BCUT2D eigenvalue weighted by atomic mass is 9.96. The minimum absolute atomic E-state index is 0.195. The number of methoxy groups -OCH3 is 1. The van der Waals surface area contributed by atoms with Crippen molar-refractivity contribution in [3.63, 3.8) is 0 Å². The fourth-order valence-electron chi connectivity index (χ4n) is 2.39. The molecule has 0 aliphatic carbocycles. The molecule has 0 heterocycles. The Morgan fingerprint density at radius 3 is 2.61 bits per heavy atom. The van der Waals surface area contributed by atoms with Gasteiger partial charge in [-0.05, 0) is 52.0 Å². The Kier molecular flexibility index (Phi) is 6.25. The first-order valence-electron chi connectivity index (χ1n) is 7.41. The van der Waals surface area contributed by atoms with Crippen molar-refractivity contribution >= 4 is 43.5 Å². The highest BCUT2D eigenvalue weighted by molar-refractivity contribution is 9.11. The highest BCUT2D eigenvalue weighted by Crippen LogP contribution is 2.34. The van der Waals surface area contributed by atoms with Gasteiger partial charge in [-0.2, -0.15) is 0 Å². The second kappa shape index (κ2) is 7.97. The van der Waals surface area contributed by atoms with E-state index in [1.54, 1.807) is 13.2 Å². The van der Waals surface area contributed by atoms with Gasteiger partial charge in [0.1, 0.15) is 5.75 Å². The summed E-state index contributed by atoms with van der Waals surface area (Å²) in [5.74, 6) is 0.703. The molecule has 3 nitrogen and oxygen atoms in total. The molecular formula is C18H19Br2NO2. The van der Waals surface area contributed by atoms with Crippen LogP contribution >= 0.6 is 31.9 Å². The van der Waals surface area contributed by atoms with Crippen LogP contribution in [0.1, 0.15) is 42.1 Å². The minimum Gasteiger partial charge on any atom is -0.495 e. The highest BCUT2D eigenvalue weighted by atomic mass is 79.9. The van der Waals surface area contributed by atoms with Crippen LogP contribution in [-0.2, 0) is 0 Å². The topological polar surface area (TPSA) is 38.3 Å². The fourth-order valence-corrected chi connectivity index (χ4v) is 3.77. The average Bonchev–Trinajstić information content (AvgIpc) is 2.54. The molecular weight excluding hydrogens is 422 g/mol. The number of hydrogen-bond acceptors (Lipinski definition) is 2. The molecule has 0 fully saturated rings. The number of rotatable bonds is 5. The number of benzene rings is 2. The maximum absolute atomic E-state index is 12.7. The summed E-state index contributed by atoms with van der Waals surface area (Å²) in [6.07, 6.45) is 1.01. The van der Waals surface area contributed by atoms with Crippen LogP contribution in [0.25, 0.3) is 0 Å². The summed E-state index contributed by atoms with van der Waals surface area (Å²) in [4.78, 5) is 12.7.